The second kappa shape index (κ2) is 6.67. The van der Waals surface area contributed by atoms with Gasteiger partial charge in [0.15, 0.2) is 5.54 Å². The van der Waals surface area contributed by atoms with E-state index in [1.165, 1.54) is 44.1 Å². The number of aromatic nitrogens is 1. The summed E-state index contributed by atoms with van der Waals surface area (Å²) in [5.74, 6) is 0. The topological polar surface area (TPSA) is 3.88 Å². The van der Waals surface area contributed by atoms with Gasteiger partial charge in [-0.2, -0.15) is 4.57 Å². The highest BCUT2D eigenvalue weighted by Crippen LogP contribution is 2.53. The van der Waals surface area contributed by atoms with Crippen LogP contribution in [-0.2, 0) is 11.0 Å². The lowest BCUT2D eigenvalue weighted by atomic mass is 9.58. The molecule has 0 spiro atoms. The minimum Gasteiger partial charge on any atom is -0.185 e. The van der Waals surface area contributed by atoms with Gasteiger partial charge in [-0.1, -0.05) is 69.3 Å². The van der Waals surface area contributed by atoms with E-state index in [0.717, 1.165) is 19.3 Å². The van der Waals surface area contributed by atoms with E-state index in [1.807, 2.05) is 0 Å². The van der Waals surface area contributed by atoms with E-state index in [-0.39, 0.29) is 11.0 Å². The Morgan fingerprint density at radius 3 is 2.13 bits per heavy atom. The molecular formula is C29H32N+. The van der Waals surface area contributed by atoms with E-state index in [9.17, 15) is 0 Å². The summed E-state index contributed by atoms with van der Waals surface area (Å²) in [6.45, 7) is 11.9. The van der Waals surface area contributed by atoms with E-state index in [2.05, 4.69) is 106 Å². The molecule has 1 aliphatic rings. The smallest absolute Gasteiger partial charge is 0.185 e. The van der Waals surface area contributed by atoms with Crippen molar-refractivity contribution in [2.24, 2.45) is 0 Å². The van der Waals surface area contributed by atoms with Gasteiger partial charge in [-0.25, -0.2) is 0 Å². The maximum Gasteiger partial charge on any atom is 0.214 e. The average molecular weight is 395 g/mol. The van der Waals surface area contributed by atoms with Gasteiger partial charge >= 0.3 is 0 Å². The maximum absolute atomic E-state index is 2.73. The number of pyridine rings is 1. The van der Waals surface area contributed by atoms with Crippen LogP contribution in [-0.4, -0.2) is 0 Å². The Morgan fingerprint density at radius 1 is 0.767 bits per heavy atom. The van der Waals surface area contributed by atoms with Crippen molar-refractivity contribution in [3.05, 3.63) is 77.9 Å². The van der Waals surface area contributed by atoms with Gasteiger partial charge in [-0.05, 0) is 48.2 Å². The molecule has 1 atom stereocenters. The molecular weight excluding hydrogens is 362 g/mol. The predicted octanol–water partition coefficient (Wildman–Crippen LogP) is 7.45. The summed E-state index contributed by atoms with van der Waals surface area (Å²) in [4.78, 5) is 0. The van der Waals surface area contributed by atoms with E-state index in [1.54, 1.807) is 0 Å². The Bertz CT molecular complexity index is 1280. The molecule has 30 heavy (non-hydrogen) atoms. The van der Waals surface area contributed by atoms with E-state index >= 15 is 0 Å². The molecule has 152 valence electrons. The summed E-state index contributed by atoms with van der Waals surface area (Å²) < 4.78 is 2.73. The minimum atomic E-state index is 0.0415. The number of benzene rings is 3. The highest BCUT2D eigenvalue weighted by molar-refractivity contribution is 5.98. The first-order valence-electron chi connectivity index (χ1n) is 11.5. The second-order valence-corrected chi connectivity index (χ2v) is 9.20. The van der Waals surface area contributed by atoms with E-state index in [4.69, 9.17) is 0 Å². The van der Waals surface area contributed by atoms with Crippen LogP contribution in [0.4, 0.5) is 0 Å². The fourth-order valence-electron chi connectivity index (χ4n) is 6.50. The molecule has 0 fully saturated rings. The zero-order valence-electron chi connectivity index (χ0n) is 18.9. The van der Waals surface area contributed by atoms with Gasteiger partial charge in [-0.15, -0.1) is 0 Å². The van der Waals surface area contributed by atoms with Crippen molar-refractivity contribution in [3.8, 4) is 11.3 Å². The molecule has 2 heterocycles. The van der Waals surface area contributed by atoms with Crippen LogP contribution >= 0.6 is 0 Å². The number of para-hydroxylation sites is 1. The van der Waals surface area contributed by atoms with Crippen LogP contribution in [0.25, 0.3) is 32.9 Å². The molecule has 0 saturated carbocycles. The van der Waals surface area contributed by atoms with Gasteiger partial charge in [0.1, 0.15) is 0 Å². The Kier molecular flexibility index (Phi) is 4.29. The predicted molar refractivity (Wildman–Crippen MR) is 128 cm³/mol. The van der Waals surface area contributed by atoms with Crippen molar-refractivity contribution in [2.75, 3.05) is 0 Å². The second-order valence-electron chi connectivity index (χ2n) is 9.20. The van der Waals surface area contributed by atoms with Crippen LogP contribution in [0.1, 0.15) is 58.1 Å². The molecule has 4 aromatic rings. The molecule has 0 amide bonds. The van der Waals surface area contributed by atoms with Gasteiger partial charge in [0.2, 0.25) is 11.2 Å². The molecule has 5 rings (SSSR count). The lowest BCUT2D eigenvalue weighted by Crippen LogP contribution is -2.69. The normalized spacial score (nSPS) is 19.6. The molecule has 1 unspecified atom stereocenters. The maximum atomic E-state index is 2.73. The molecule has 0 N–H and O–H groups in total. The van der Waals surface area contributed by atoms with Crippen molar-refractivity contribution >= 4 is 21.7 Å². The van der Waals surface area contributed by atoms with Crippen molar-refractivity contribution in [3.63, 3.8) is 0 Å². The quantitative estimate of drug-likeness (QED) is 0.318. The van der Waals surface area contributed by atoms with Crippen LogP contribution < -0.4 is 4.57 Å². The summed E-state index contributed by atoms with van der Waals surface area (Å²) in [6.07, 6.45) is 3.35. The lowest BCUT2D eigenvalue weighted by Gasteiger charge is -2.48. The third-order valence-electron chi connectivity index (χ3n) is 8.28. The summed E-state index contributed by atoms with van der Waals surface area (Å²) in [5, 5.41) is 4.07. The number of hydrogen-bond donors (Lipinski definition) is 0. The fraction of sp³-hybridized carbons (Fsp3) is 0.345. The van der Waals surface area contributed by atoms with Crippen LogP contribution in [0.2, 0.25) is 0 Å². The van der Waals surface area contributed by atoms with Gasteiger partial charge < -0.3 is 0 Å². The molecule has 0 saturated heterocycles. The monoisotopic (exact) mass is 394 g/mol. The third-order valence-corrected chi connectivity index (χ3v) is 8.28. The molecule has 0 aliphatic carbocycles. The van der Waals surface area contributed by atoms with Crippen molar-refractivity contribution in [1.29, 1.82) is 0 Å². The van der Waals surface area contributed by atoms with E-state index < -0.39 is 0 Å². The van der Waals surface area contributed by atoms with Crippen molar-refractivity contribution in [1.82, 2.24) is 0 Å². The van der Waals surface area contributed by atoms with E-state index in [0.29, 0.717) is 0 Å². The molecule has 1 heteroatoms. The number of fused-ring (bicyclic) bond motifs is 7. The zero-order chi connectivity index (χ0) is 21.1. The van der Waals surface area contributed by atoms with Crippen LogP contribution in [0.3, 0.4) is 0 Å². The largest absolute Gasteiger partial charge is 0.214 e. The zero-order valence-corrected chi connectivity index (χ0v) is 18.9. The van der Waals surface area contributed by atoms with Gasteiger partial charge in [0.25, 0.3) is 0 Å². The molecule has 3 aromatic carbocycles. The lowest BCUT2D eigenvalue weighted by molar-refractivity contribution is -0.747. The molecule has 1 aromatic heterocycles. The average Bonchev–Trinajstić information content (AvgIpc) is 2.80. The summed E-state index contributed by atoms with van der Waals surface area (Å²) in [7, 11) is 0. The summed E-state index contributed by atoms with van der Waals surface area (Å²) in [5.41, 5.74) is 7.16. The Morgan fingerprint density at radius 2 is 1.43 bits per heavy atom. The Labute approximate surface area is 180 Å². The number of hydrogen-bond acceptors (Lipinski definition) is 0. The van der Waals surface area contributed by atoms with Gasteiger partial charge in [0.05, 0.1) is 11.0 Å². The molecule has 0 radical (unpaired) electrons. The minimum absolute atomic E-state index is 0.0415. The molecule has 1 nitrogen and oxygen atoms in total. The third kappa shape index (κ3) is 2.21. The number of rotatable bonds is 3. The first-order valence-corrected chi connectivity index (χ1v) is 11.5. The summed E-state index contributed by atoms with van der Waals surface area (Å²) >= 11 is 0. The number of aryl methyl sites for hydroxylation is 1. The highest BCUT2D eigenvalue weighted by atomic mass is 15.1. The van der Waals surface area contributed by atoms with Crippen LogP contribution in [0, 0.1) is 6.92 Å². The van der Waals surface area contributed by atoms with Crippen LogP contribution in [0.15, 0.2) is 66.7 Å². The first-order chi connectivity index (χ1) is 14.5. The highest BCUT2D eigenvalue weighted by Gasteiger charge is 2.59. The standard InChI is InChI=1S/C29H32N/c1-6-28(5)24-18-17-21-13-9-10-15-23(21)27(24)26-19-20(4)22-14-11-12-16-25(22)30(26)29(28,7-2)8-3/h9-19H,6-8H2,1-5H3/q+1. The molecule has 1 aliphatic heterocycles. The fourth-order valence-corrected chi connectivity index (χ4v) is 6.50. The van der Waals surface area contributed by atoms with Crippen molar-refractivity contribution in [2.45, 2.75) is 64.8 Å². The Balaban J connectivity index is 2.08. The molecule has 0 bridgehead atoms. The van der Waals surface area contributed by atoms with Crippen LogP contribution in [0.5, 0.6) is 0 Å². The number of nitrogens with zero attached hydrogens (tertiary/aromatic N) is 1. The first kappa shape index (κ1) is 19.3. The van der Waals surface area contributed by atoms with Gasteiger partial charge in [0, 0.05) is 30.4 Å². The summed E-state index contributed by atoms with van der Waals surface area (Å²) in [6, 6.07) is 25.1. The SMILES string of the molecule is CCC1(C)c2ccc3ccccc3c2-c2cc(C)c3ccccc3[n+]2C1(CC)CC. The van der Waals surface area contributed by atoms with Gasteiger partial charge in [-0.3, -0.25) is 0 Å². The van der Waals surface area contributed by atoms with Crippen molar-refractivity contribution < 1.29 is 4.57 Å². The Hall–Kier alpha value is -2.67.